The molecule has 0 fully saturated rings. The summed E-state index contributed by atoms with van der Waals surface area (Å²) in [5.74, 6) is 0.270. The number of pyridine rings is 1. The first-order valence-electron chi connectivity index (χ1n) is 8.97. The third-order valence-electron chi connectivity index (χ3n) is 3.95. The maximum absolute atomic E-state index is 13.5. The third-order valence-corrected chi connectivity index (χ3v) is 3.95. The van der Waals surface area contributed by atoms with Gasteiger partial charge in [-0.3, -0.25) is 0 Å². The van der Waals surface area contributed by atoms with E-state index in [1.807, 2.05) is 6.92 Å². The van der Waals surface area contributed by atoms with Gasteiger partial charge < -0.3 is 15.2 Å². The topological polar surface area (TPSA) is 100 Å². The van der Waals surface area contributed by atoms with Crippen LogP contribution >= 0.6 is 0 Å². The molecule has 156 valence electrons. The first kappa shape index (κ1) is 22.2. The van der Waals surface area contributed by atoms with Gasteiger partial charge in [-0.1, -0.05) is 13.5 Å². The summed E-state index contributed by atoms with van der Waals surface area (Å²) in [5, 5.41) is 0. The van der Waals surface area contributed by atoms with Gasteiger partial charge in [0.25, 0.3) is 6.43 Å². The predicted octanol–water partition coefficient (Wildman–Crippen LogP) is 4.40. The van der Waals surface area contributed by atoms with E-state index in [-0.39, 0.29) is 24.0 Å². The zero-order valence-corrected chi connectivity index (χ0v) is 16.6. The molecule has 0 spiro atoms. The van der Waals surface area contributed by atoms with Crippen LogP contribution in [0.2, 0.25) is 0 Å². The van der Waals surface area contributed by atoms with E-state index in [1.54, 1.807) is 26.0 Å². The van der Waals surface area contributed by atoms with Gasteiger partial charge >= 0.3 is 6.09 Å². The van der Waals surface area contributed by atoms with Gasteiger partial charge in [-0.15, -0.1) is 0 Å². The monoisotopic (exact) mass is 406 g/mol. The fourth-order valence-electron chi connectivity index (χ4n) is 2.94. The summed E-state index contributed by atoms with van der Waals surface area (Å²) in [6.07, 6.45) is -0.287. The summed E-state index contributed by atoms with van der Waals surface area (Å²) in [4.78, 5) is 23.2. The number of rotatable bonds is 9. The van der Waals surface area contributed by atoms with Crippen LogP contribution in [0.15, 0.2) is 31.0 Å². The van der Waals surface area contributed by atoms with Crippen LogP contribution in [0.25, 0.3) is 17.5 Å². The van der Waals surface area contributed by atoms with Crippen molar-refractivity contribution in [1.29, 1.82) is 0 Å². The molecule has 0 saturated carbocycles. The maximum atomic E-state index is 13.5. The highest BCUT2D eigenvalue weighted by Gasteiger charge is 2.25. The van der Waals surface area contributed by atoms with Crippen LogP contribution in [0.4, 0.5) is 13.6 Å². The quantitative estimate of drug-likeness (QED) is 0.663. The lowest BCUT2D eigenvalue weighted by molar-refractivity contribution is 0.0224. The average molecular weight is 406 g/mol. The van der Waals surface area contributed by atoms with Crippen molar-refractivity contribution in [3.05, 3.63) is 42.5 Å². The molecule has 2 aromatic heterocycles. The Morgan fingerprint density at radius 2 is 1.97 bits per heavy atom. The summed E-state index contributed by atoms with van der Waals surface area (Å²) < 4.78 is 37.7. The Bertz CT molecular complexity index is 875. The number of nitrogens with two attached hydrogens (primary N) is 1. The number of primary amides is 1. The van der Waals surface area contributed by atoms with Crippen molar-refractivity contribution in [2.75, 3.05) is 6.61 Å². The molecular formula is C20H24F2N4O3. The number of amides is 1. The number of alkyl halides is 2. The highest BCUT2D eigenvalue weighted by Crippen LogP contribution is 2.31. The molecule has 0 aliphatic carbocycles. The molecule has 2 rings (SSSR count). The van der Waals surface area contributed by atoms with Crippen LogP contribution in [0.1, 0.15) is 45.1 Å². The van der Waals surface area contributed by atoms with Crippen molar-refractivity contribution >= 4 is 12.2 Å². The number of hydrogen-bond donors (Lipinski definition) is 1. The first-order valence-corrected chi connectivity index (χ1v) is 8.97. The van der Waals surface area contributed by atoms with Gasteiger partial charge in [-0.2, -0.15) is 0 Å². The molecule has 0 radical (unpaired) electrons. The van der Waals surface area contributed by atoms with Crippen LogP contribution in [0.3, 0.4) is 0 Å². The van der Waals surface area contributed by atoms with E-state index < -0.39 is 23.8 Å². The number of halogens is 2. The average Bonchev–Trinajstić information content (AvgIpc) is 2.64. The molecule has 0 unspecified atom stereocenters. The molecule has 2 N–H and O–H groups in total. The number of carbonyl (C=O) groups is 1. The second-order valence-electron chi connectivity index (χ2n) is 7.19. The number of ether oxygens (including phenoxy) is 2. The summed E-state index contributed by atoms with van der Waals surface area (Å²) in [5.41, 5.74) is 4.47. The Balaban J connectivity index is 2.14. The molecule has 0 aromatic carbocycles. The molecule has 0 saturated heterocycles. The zero-order chi connectivity index (χ0) is 21.6. The van der Waals surface area contributed by atoms with E-state index in [2.05, 4.69) is 21.5 Å². The fourth-order valence-corrected chi connectivity index (χ4v) is 2.94. The summed E-state index contributed by atoms with van der Waals surface area (Å²) in [7, 11) is 0. The molecule has 1 amide bonds. The van der Waals surface area contributed by atoms with Crippen molar-refractivity contribution in [3.63, 3.8) is 0 Å². The first-order chi connectivity index (χ1) is 13.6. The van der Waals surface area contributed by atoms with Crippen molar-refractivity contribution in [2.24, 2.45) is 11.7 Å². The van der Waals surface area contributed by atoms with E-state index in [9.17, 15) is 13.6 Å². The Labute approximate surface area is 168 Å². The van der Waals surface area contributed by atoms with E-state index >= 15 is 0 Å². The summed E-state index contributed by atoms with van der Waals surface area (Å²) >= 11 is 0. The highest BCUT2D eigenvalue weighted by atomic mass is 19.3. The molecule has 7 nitrogen and oxygen atoms in total. The Morgan fingerprint density at radius 1 is 1.28 bits per heavy atom. The molecule has 9 heteroatoms. The minimum atomic E-state index is -2.82. The summed E-state index contributed by atoms with van der Waals surface area (Å²) in [6.45, 7) is 9.01. The van der Waals surface area contributed by atoms with Crippen LogP contribution < -0.4 is 10.5 Å². The number of aromatic nitrogens is 3. The van der Waals surface area contributed by atoms with Gasteiger partial charge in [0.05, 0.1) is 18.0 Å². The molecule has 0 aliphatic rings. The zero-order valence-electron chi connectivity index (χ0n) is 16.6. The Morgan fingerprint density at radius 3 is 2.59 bits per heavy atom. The lowest BCUT2D eigenvalue weighted by Crippen LogP contribution is -2.33. The normalized spacial score (nSPS) is 12.5. The lowest BCUT2D eigenvalue weighted by atomic mass is 9.95. The van der Waals surface area contributed by atoms with E-state index in [0.717, 1.165) is 0 Å². The molecule has 0 bridgehead atoms. The van der Waals surface area contributed by atoms with Crippen LogP contribution in [-0.2, 0) is 4.74 Å². The van der Waals surface area contributed by atoms with Crippen molar-refractivity contribution in [3.8, 4) is 17.1 Å². The van der Waals surface area contributed by atoms with Gasteiger partial charge in [-0.25, -0.2) is 28.5 Å². The SMILES string of the molecule is C=Cc1nccc(-c2ccc(OC[C@@H](C)CC(C)(C)OC(N)=O)c(C(F)F)n2)n1. The van der Waals surface area contributed by atoms with E-state index in [4.69, 9.17) is 15.2 Å². The number of hydrogen-bond acceptors (Lipinski definition) is 6. The second-order valence-corrected chi connectivity index (χ2v) is 7.19. The highest BCUT2D eigenvalue weighted by molar-refractivity contribution is 5.65. The van der Waals surface area contributed by atoms with Gasteiger partial charge in [0.1, 0.15) is 17.0 Å². The number of carbonyl (C=O) groups excluding carboxylic acids is 1. The van der Waals surface area contributed by atoms with Crippen LogP contribution in [0.5, 0.6) is 5.75 Å². The molecule has 29 heavy (non-hydrogen) atoms. The van der Waals surface area contributed by atoms with E-state index in [1.165, 1.54) is 18.3 Å². The van der Waals surface area contributed by atoms with Crippen molar-refractivity contribution in [1.82, 2.24) is 15.0 Å². The Kier molecular flexibility index (Phi) is 7.19. The second kappa shape index (κ2) is 9.40. The third kappa shape index (κ3) is 6.48. The molecule has 0 aliphatic heterocycles. The minimum absolute atomic E-state index is 0.0118. The standard InChI is InChI=1S/C20H24F2N4O3/c1-5-16-24-9-8-14(25-16)13-6-7-15(17(26-13)18(21)22)28-11-12(2)10-20(3,4)29-19(23)27/h5-9,12,18H,1,10-11H2,2-4H3,(H2,23,27)/t12-/m0/s1. The summed E-state index contributed by atoms with van der Waals surface area (Å²) in [6, 6.07) is 4.58. The van der Waals surface area contributed by atoms with Crippen molar-refractivity contribution in [2.45, 2.75) is 39.2 Å². The van der Waals surface area contributed by atoms with Gasteiger partial charge in [0, 0.05) is 6.20 Å². The van der Waals surface area contributed by atoms with Gasteiger partial charge in [0.15, 0.2) is 5.82 Å². The largest absolute Gasteiger partial charge is 0.491 e. The van der Waals surface area contributed by atoms with E-state index in [0.29, 0.717) is 17.9 Å². The van der Waals surface area contributed by atoms with Gasteiger partial charge in [-0.05, 0) is 50.5 Å². The van der Waals surface area contributed by atoms with Crippen LogP contribution in [-0.4, -0.2) is 33.3 Å². The predicted molar refractivity (Wildman–Crippen MR) is 104 cm³/mol. The number of nitrogens with zero attached hydrogens (tertiary/aromatic N) is 3. The molecule has 2 heterocycles. The molecular weight excluding hydrogens is 382 g/mol. The Hall–Kier alpha value is -3.10. The smallest absolute Gasteiger partial charge is 0.405 e. The lowest BCUT2D eigenvalue weighted by Gasteiger charge is -2.27. The molecule has 2 aromatic rings. The molecule has 1 atom stereocenters. The van der Waals surface area contributed by atoms with Gasteiger partial charge in [0.2, 0.25) is 0 Å². The minimum Gasteiger partial charge on any atom is -0.491 e. The maximum Gasteiger partial charge on any atom is 0.405 e. The van der Waals surface area contributed by atoms with Crippen molar-refractivity contribution < 1.29 is 23.0 Å². The van der Waals surface area contributed by atoms with Crippen LogP contribution in [0, 0.1) is 5.92 Å². The fraction of sp³-hybridized carbons (Fsp3) is 0.400.